The summed E-state index contributed by atoms with van der Waals surface area (Å²) in [6.45, 7) is 2.90. The van der Waals surface area contributed by atoms with Gasteiger partial charge in [-0.3, -0.25) is 9.69 Å². The number of likely N-dealkylation sites (tertiary alicyclic amines) is 1. The fourth-order valence-corrected chi connectivity index (χ4v) is 4.64. The largest absolute Gasteiger partial charge is 0.497 e. The third kappa shape index (κ3) is 5.23. The molecule has 0 aliphatic carbocycles. The molecule has 2 aromatic rings. The second-order valence-electron chi connectivity index (χ2n) is 8.06. The van der Waals surface area contributed by atoms with Crippen molar-refractivity contribution in [2.75, 3.05) is 34.4 Å². The number of carbonyl (C=O) groups is 1. The maximum absolute atomic E-state index is 13.2. The van der Waals surface area contributed by atoms with Gasteiger partial charge in [-0.15, -0.1) is 0 Å². The summed E-state index contributed by atoms with van der Waals surface area (Å²) in [5, 5.41) is 5.17. The molecule has 0 saturated carbocycles. The number of carbonyl (C=O) groups excluding carboxylic acids is 1. The van der Waals surface area contributed by atoms with E-state index in [9.17, 15) is 13.2 Å². The van der Waals surface area contributed by atoms with Gasteiger partial charge in [-0.2, -0.15) is 0 Å². The summed E-state index contributed by atoms with van der Waals surface area (Å²) in [6.07, 6.45) is 1.79. The van der Waals surface area contributed by atoms with Crippen LogP contribution in [0.25, 0.3) is 0 Å². The standard InChI is InChI=1S/C23H31N3O5S/c1-16(17-7-10-19(11-8-17)32(24,28)29)25(2)15-23(27)26-13-5-6-21(26)20-14-18(30-3)9-12-22(20)31-4/h7-12,14,16,21H,5-6,13,15H2,1-4H3,(H2,24,28,29). The summed E-state index contributed by atoms with van der Waals surface area (Å²) >= 11 is 0. The number of benzene rings is 2. The third-order valence-corrected chi connectivity index (χ3v) is 7.04. The number of hydrogen-bond donors (Lipinski definition) is 1. The van der Waals surface area contributed by atoms with Crippen LogP contribution in [0.1, 0.15) is 43.0 Å². The minimum Gasteiger partial charge on any atom is -0.497 e. The summed E-state index contributed by atoms with van der Waals surface area (Å²) in [7, 11) is 1.40. The molecule has 0 aromatic heterocycles. The molecule has 3 rings (SSSR count). The number of likely N-dealkylation sites (N-methyl/N-ethyl adjacent to an activating group) is 1. The Kier molecular flexibility index (Phi) is 7.43. The Morgan fingerprint density at radius 3 is 2.47 bits per heavy atom. The molecule has 2 aromatic carbocycles. The van der Waals surface area contributed by atoms with Gasteiger partial charge in [0, 0.05) is 18.2 Å². The maximum Gasteiger partial charge on any atom is 0.238 e. The van der Waals surface area contributed by atoms with Crippen molar-refractivity contribution >= 4 is 15.9 Å². The van der Waals surface area contributed by atoms with Crippen LogP contribution in [0, 0.1) is 0 Å². The summed E-state index contributed by atoms with van der Waals surface area (Å²) in [4.78, 5) is 17.2. The van der Waals surface area contributed by atoms with Crippen LogP contribution in [-0.4, -0.2) is 58.5 Å². The van der Waals surface area contributed by atoms with Crippen LogP contribution in [-0.2, 0) is 14.8 Å². The Labute approximate surface area is 190 Å². The molecule has 174 valence electrons. The van der Waals surface area contributed by atoms with Gasteiger partial charge < -0.3 is 14.4 Å². The molecule has 9 heteroatoms. The van der Waals surface area contributed by atoms with Crippen molar-refractivity contribution in [1.82, 2.24) is 9.80 Å². The van der Waals surface area contributed by atoms with E-state index in [0.717, 1.165) is 35.5 Å². The van der Waals surface area contributed by atoms with Crippen molar-refractivity contribution in [3.63, 3.8) is 0 Å². The number of nitrogens with zero attached hydrogens (tertiary/aromatic N) is 2. The van der Waals surface area contributed by atoms with E-state index in [-0.39, 0.29) is 29.4 Å². The lowest BCUT2D eigenvalue weighted by Gasteiger charge is -2.30. The first-order valence-corrected chi connectivity index (χ1v) is 12.0. The Balaban J connectivity index is 1.73. The highest BCUT2D eigenvalue weighted by atomic mass is 32.2. The molecule has 2 unspecified atom stereocenters. The molecule has 8 nitrogen and oxygen atoms in total. The Bertz CT molecular complexity index is 1060. The zero-order valence-corrected chi connectivity index (χ0v) is 19.8. The summed E-state index contributed by atoms with van der Waals surface area (Å²) in [6, 6.07) is 11.9. The molecule has 1 amide bonds. The second-order valence-corrected chi connectivity index (χ2v) is 9.62. The van der Waals surface area contributed by atoms with Gasteiger partial charge in [0.05, 0.1) is 31.7 Å². The first-order chi connectivity index (χ1) is 15.2. The Morgan fingerprint density at radius 1 is 1.19 bits per heavy atom. The van der Waals surface area contributed by atoms with Crippen LogP contribution >= 0.6 is 0 Å². The van der Waals surface area contributed by atoms with E-state index in [1.165, 1.54) is 12.1 Å². The van der Waals surface area contributed by atoms with E-state index >= 15 is 0 Å². The Morgan fingerprint density at radius 2 is 1.88 bits per heavy atom. The summed E-state index contributed by atoms with van der Waals surface area (Å²) in [5.74, 6) is 1.51. The molecular formula is C23H31N3O5S. The van der Waals surface area contributed by atoms with Gasteiger partial charge in [-0.05, 0) is 62.7 Å². The Hall–Kier alpha value is -2.62. The van der Waals surface area contributed by atoms with Crippen molar-refractivity contribution in [3.8, 4) is 11.5 Å². The van der Waals surface area contributed by atoms with Crippen LogP contribution in [0.15, 0.2) is 47.4 Å². The number of sulfonamides is 1. The topological polar surface area (TPSA) is 102 Å². The molecule has 0 bridgehead atoms. The number of methoxy groups -OCH3 is 2. The van der Waals surface area contributed by atoms with Gasteiger partial charge in [-0.25, -0.2) is 13.6 Å². The van der Waals surface area contributed by atoms with Crippen LogP contribution in [0.3, 0.4) is 0 Å². The smallest absolute Gasteiger partial charge is 0.238 e. The van der Waals surface area contributed by atoms with E-state index < -0.39 is 10.0 Å². The number of nitrogens with two attached hydrogens (primary N) is 1. The van der Waals surface area contributed by atoms with Gasteiger partial charge in [0.25, 0.3) is 0 Å². The van der Waals surface area contributed by atoms with E-state index in [1.54, 1.807) is 26.4 Å². The molecule has 2 N–H and O–H groups in total. The van der Waals surface area contributed by atoms with Crippen molar-refractivity contribution < 1.29 is 22.7 Å². The molecule has 1 saturated heterocycles. The van der Waals surface area contributed by atoms with Gasteiger partial charge in [-0.1, -0.05) is 12.1 Å². The lowest BCUT2D eigenvalue weighted by molar-refractivity contribution is -0.133. The fourth-order valence-electron chi connectivity index (χ4n) is 4.12. The lowest BCUT2D eigenvalue weighted by Crippen LogP contribution is -2.39. The number of primary sulfonamides is 1. The van der Waals surface area contributed by atoms with Crippen molar-refractivity contribution in [3.05, 3.63) is 53.6 Å². The molecule has 2 atom stereocenters. The first kappa shape index (κ1) is 24.0. The SMILES string of the molecule is COc1ccc(OC)c(C2CCCN2C(=O)CN(C)C(C)c2ccc(S(N)(=O)=O)cc2)c1. The average molecular weight is 462 g/mol. The van der Waals surface area contributed by atoms with E-state index in [1.807, 2.05) is 42.0 Å². The number of amides is 1. The zero-order chi connectivity index (χ0) is 23.5. The monoisotopic (exact) mass is 461 g/mol. The summed E-state index contributed by atoms with van der Waals surface area (Å²) < 4.78 is 33.9. The number of ether oxygens (including phenoxy) is 2. The van der Waals surface area contributed by atoms with Crippen LogP contribution in [0.5, 0.6) is 11.5 Å². The predicted octanol–water partition coefficient (Wildman–Crippen LogP) is 2.71. The zero-order valence-electron chi connectivity index (χ0n) is 18.9. The lowest BCUT2D eigenvalue weighted by atomic mass is 10.0. The van der Waals surface area contributed by atoms with Gasteiger partial charge >= 0.3 is 0 Å². The van der Waals surface area contributed by atoms with E-state index in [0.29, 0.717) is 6.54 Å². The molecule has 1 heterocycles. The number of hydrogen-bond acceptors (Lipinski definition) is 6. The normalized spacial score (nSPS) is 17.4. The fraction of sp³-hybridized carbons (Fsp3) is 0.435. The first-order valence-electron chi connectivity index (χ1n) is 10.5. The average Bonchev–Trinajstić information content (AvgIpc) is 3.27. The van der Waals surface area contributed by atoms with Gasteiger partial charge in [0.15, 0.2) is 0 Å². The van der Waals surface area contributed by atoms with E-state index in [4.69, 9.17) is 14.6 Å². The molecule has 1 fully saturated rings. The highest BCUT2D eigenvalue weighted by Crippen LogP contribution is 2.39. The van der Waals surface area contributed by atoms with Gasteiger partial charge in [0.1, 0.15) is 11.5 Å². The third-order valence-electron chi connectivity index (χ3n) is 6.11. The highest BCUT2D eigenvalue weighted by Gasteiger charge is 2.33. The van der Waals surface area contributed by atoms with Crippen LogP contribution in [0.2, 0.25) is 0 Å². The highest BCUT2D eigenvalue weighted by molar-refractivity contribution is 7.89. The summed E-state index contributed by atoms with van der Waals surface area (Å²) in [5.41, 5.74) is 1.85. The molecular weight excluding hydrogens is 430 g/mol. The maximum atomic E-state index is 13.2. The van der Waals surface area contributed by atoms with Crippen molar-refractivity contribution in [2.24, 2.45) is 5.14 Å². The van der Waals surface area contributed by atoms with Crippen LogP contribution < -0.4 is 14.6 Å². The van der Waals surface area contributed by atoms with E-state index in [2.05, 4.69) is 0 Å². The predicted molar refractivity (Wildman–Crippen MR) is 122 cm³/mol. The molecule has 0 radical (unpaired) electrons. The van der Waals surface area contributed by atoms with Crippen molar-refractivity contribution in [1.29, 1.82) is 0 Å². The minimum atomic E-state index is -3.73. The van der Waals surface area contributed by atoms with Crippen molar-refractivity contribution in [2.45, 2.75) is 36.7 Å². The second kappa shape index (κ2) is 9.89. The quantitative estimate of drug-likeness (QED) is 0.649. The number of rotatable bonds is 8. The van der Waals surface area contributed by atoms with Gasteiger partial charge in [0.2, 0.25) is 15.9 Å². The molecule has 32 heavy (non-hydrogen) atoms. The molecule has 1 aliphatic rings. The molecule has 1 aliphatic heterocycles. The minimum absolute atomic E-state index is 0.0351. The molecule has 0 spiro atoms. The van der Waals surface area contributed by atoms with Crippen LogP contribution in [0.4, 0.5) is 0 Å².